The molecule has 0 bridgehead atoms. The summed E-state index contributed by atoms with van der Waals surface area (Å²) in [6.07, 6.45) is 1.92. The topological polar surface area (TPSA) is 83.1 Å². The number of aromatic amines is 1. The average molecular weight is 412 g/mol. The Morgan fingerprint density at radius 2 is 2.08 bits per heavy atom. The normalized spacial score (nSPS) is 19.3. The van der Waals surface area contributed by atoms with Gasteiger partial charge in [0.1, 0.15) is 0 Å². The molecular formula is C16H18BrN3O3S. The minimum Gasteiger partial charge on any atom is -0.268 e. The summed E-state index contributed by atoms with van der Waals surface area (Å²) in [5.41, 5.74) is 0.856. The number of piperidine rings is 1. The third-order valence-corrected chi connectivity index (χ3v) is 7.00. The summed E-state index contributed by atoms with van der Waals surface area (Å²) in [5, 5.41) is 6.33. The summed E-state index contributed by atoms with van der Waals surface area (Å²) in [4.78, 5) is 11.4. The molecule has 1 aromatic heterocycles. The maximum atomic E-state index is 13.0. The lowest BCUT2D eigenvalue weighted by Crippen LogP contribution is -2.39. The molecule has 8 heteroatoms. The SMILES string of the molecule is C[C@H]1CCCN(S(=O)(=O)c2cc(-c3ccc(=O)[nH]n3)ccc2Br)C1. The van der Waals surface area contributed by atoms with E-state index in [1.54, 1.807) is 28.6 Å². The monoisotopic (exact) mass is 411 g/mol. The predicted molar refractivity (Wildman–Crippen MR) is 95.2 cm³/mol. The van der Waals surface area contributed by atoms with E-state index in [-0.39, 0.29) is 10.5 Å². The predicted octanol–water partition coefficient (Wildman–Crippen LogP) is 2.62. The number of hydrogen-bond donors (Lipinski definition) is 1. The van der Waals surface area contributed by atoms with E-state index in [0.29, 0.717) is 34.7 Å². The van der Waals surface area contributed by atoms with Gasteiger partial charge in [-0.15, -0.1) is 0 Å². The molecule has 1 fully saturated rings. The fourth-order valence-electron chi connectivity index (χ4n) is 2.87. The molecule has 0 spiro atoms. The lowest BCUT2D eigenvalue weighted by atomic mass is 10.0. The van der Waals surface area contributed by atoms with Gasteiger partial charge in [-0.3, -0.25) is 4.79 Å². The Hall–Kier alpha value is -1.51. The van der Waals surface area contributed by atoms with Crippen LogP contribution in [-0.4, -0.2) is 36.0 Å². The molecule has 6 nitrogen and oxygen atoms in total. The molecular weight excluding hydrogens is 394 g/mol. The van der Waals surface area contributed by atoms with Gasteiger partial charge in [0.25, 0.3) is 5.56 Å². The van der Waals surface area contributed by atoms with Crippen LogP contribution < -0.4 is 5.56 Å². The second-order valence-corrected chi connectivity index (χ2v) is 8.82. The van der Waals surface area contributed by atoms with E-state index < -0.39 is 10.0 Å². The smallest absolute Gasteiger partial charge is 0.264 e. The Labute approximate surface area is 149 Å². The van der Waals surface area contributed by atoms with Crippen LogP contribution in [0.3, 0.4) is 0 Å². The van der Waals surface area contributed by atoms with Crippen molar-refractivity contribution in [3.8, 4) is 11.3 Å². The highest BCUT2D eigenvalue weighted by atomic mass is 79.9. The first-order valence-corrected chi connectivity index (χ1v) is 9.97. The quantitative estimate of drug-likeness (QED) is 0.840. The zero-order valence-corrected chi connectivity index (χ0v) is 15.6. The van der Waals surface area contributed by atoms with Crippen LogP contribution in [-0.2, 0) is 10.0 Å². The number of hydrogen-bond acceptors (Lipinski definition) is 4. The van der Waals surface area contributed by atoms with Crippen molar-refractivity contribution in [3.63, 3.8) is 0 Å². The van der Waals surface area contributed by atoms with Crippen LogP contribution in [0.2, 0.25) is 0 Å². The highest BCUT2D eigenvalue weighted by Crippen LogP contribution is 2.31. The maximum Gasteiger partial charge on any atom is 0.264 e. The Balaban J connectivity index is 2.02. The van der Waals surface area contributed by atoms with Crippen molar-refractivity contribution in [3.05, 3.63) is 45.2 Å². The van der Waals surface area contributed by atoms with Gasteiger partial charge in [0, 0.05) is 29.2 Å². The van der Waals surface area contributed by atoms with Crippen molar-refractivity contribution in [1.82, 2.24) is 14.5 Å². The first-order valence-electron chi connectivity index (χ1n) is 7.74. The molecule has 0 unspecified atom stereocenters. The lowest BCUT2D eigenvalue weighted by molar-refractivity contribution is 0.281. The van der Waals surface area contributed by atoms with Crippen LogP contribution in [0.5, 0.6) is 0 Å². The Morgan fingerprint density at radius 1 is 1.29 bits per heavy atom. The van der Waals surface area contributed by atoms with E-state index in [4.69, 9.17) is 0 Å². The highest BCUT2D eigenvalue weighted by Gasteiger charge is 2.30. The zero-order valence-electron chi connectivity index (χ0n) is 13.2. The van der Waals surface area contributed by atoms with Crippen LogP contribution in [0.1, 0.15) is 19.8 Å². The van der Waals surface area contributed by atoms with Gasteiger partial charge in [-0.2, -0.15) is 9.40 Å². The molecule has 1 atom stereocenters. The molecule has 1 aliphatic rings. The summed E-state index contributed by atoms with van der Waals surface area (Å²) in [5.74, 6) is 0.358. The molecule has 0 radical (unpaired) electrons. The standard InChI is InChI=1S/C16H18BrN3O3S/c1-11-3-2-8-20(10-11)24(22,23)15-9-12(4-5-13(15)17)14-6-7-16(21)19-18-14/h4-7,9,11H,2-3,8,10H2,1H3,(H,19,21)/t11-/m0/s1. The molecule has 2 aromatic rings. The van der Waals surface area contributed by atoms with Crippen molar-refractivity contribution in [1.29, 1.82) is 0 Å². The molecule has 1 aliphatic heterocycles. The lowest BCUT2D eigenvalue weighted by Gasteiger charge is -2.30. The van der Waals surface area contributed by atoms with Crippen LogP contribution in [0.4, 0.5) is 0 Å². The van der Waals surface area contributed by atoms with Gasteiger partial charge in [-0.25, -0.2) is 13.5 Å². The number of H-pyrrole nitrogens is 1. The molecule has 1 aromatic carbocycles. The van der Waals surface area contributed by atoms with Crippen molar-refractivity contribution in [2.45, 2.75) is 24.7 Å². The van der Waals surface area contributed by atoms with E-state index in [1.165, 1.54) is 6.07 Å². The number of nitrogens with zero attached hydrogens (tertiary/aromatic N) is 2. The first kappa shape index (κ1) is 17.3. The van der Waals surface area contributed by atoms with E-state index in [1.807, 2.05) is 0 Å². The van der Waals surface area contributed by atoms with Crippen molar-refractivity contribution in [2.24, 2.45) is 5.92 Å². The van der Waals surface area contributed by atoms with Gasteiger partial charge in [0.15, 0.2) is 0 Å². The molecule has 0 amide bonds. The summed E-state index contributed by atoms with van der Waals surface area (Å²) in [6.45, 7) is 3.15. The summed E-state index contributed by atoms with van der Waals surface area (Å²) < 4.78 is 28.1. The van der Waals surface area contributed by atoms with Gasteiger partial charge >= 0.3 is 0 Å². The Bertz CT molecular complexity index is 891. The van der Waals surface area contributed by atoms with Crippen LogP contribution in [0, 0.1) is 5.92 Å². The Morgan fingerprint density at radius 3 is 2.75 bits per heavy atom. The number of rotatable bonds is 3. The van der Waals surface area contributed by atoms with Gasteiger partial charge in [0.2, 0.25) is 10.0 Å². The number of benzene rings is 1. The van der Waals surface area contributed by atoms with Gasteiger partial charge in [0.05, 0.1) is 10.6 Å². The van der Waals surface area contributed by atoms with Crippen LogP contribution >= 0.6 is 15.9 Å². The van der Waals surface area contributed by atoms with Crippen molar-refractivity contribution < 1.29 is 8.42 Å². The summed E-state index contributed by atoms with van der Waals surface area (Å²) >= 11 is 3.35. The molecule has 0 aliphatic carbocycles. The molecule has 2 heterocycles. The number of aromatic nitrogens is 2. The van der Waals surface area contributed by atoms with Crippen molar-refractivity contribution in [2.75, 3.05) is 13.1 Å². The van der Waals surface area contributed by atoms with Crippen LogP contribution in [0.25, 0.3) is 11.3 Å². The fraction of sp³-hybridized carbons (Fsp3) is 0.375. The van der Waals surface area contributed by atoms with Gasteiger partial charge in [-0.05, 0) is 52.9 Å². The van der Waals surface area contributed by atoms with E-state index in [9.17, 15) is 13.2 Å². The third kappa shape index (κ3) is 3.45. The summed E-state index contributed by atoms with van der Waals surface area (Å²) in [6, 6.07) is 8.00. The number of halogens is 1. The van der Waals surface area contributed by atoms with Crippen LogP contribution in [0.15, 0.2) is 44.5 Å². The average Bonchev–Trinajstić information content (AvgIpc) is 2.56. The van der Waals surface area contributed by atoms with E-state index >= 15 is 0 Å². The summed E-state index contributed by atoms with van der Waals surface area (Å²) in [7, 11) is -3.58. The largest absolute Gasteiger partial charge is 0.268 e. The van der Waals surface area contributed by atoms with Gasteiger partial charge in [-0.1, -0.05) is 13.0 Å². The minimum atomic E-state index is -3.58. The number of nitrogens with one attached hydrogen (secondary N) is 1. The molecule has 3 rings (SSSR count). The van der Waals surface area contributed by atoms with E-state index in [2.05, 4.69) is 33.1 Å². The van der Waals surface area contributed by atoms with Gasteiger partial charge < -0.3 is 0 Å². The van der Waals surface area contributed by atoms with Crippen molar-refractivity contribution >= 4 is 26.0 Å². The fourth-order valence-corrected chi connectivity index (χ4v) is 5.42. The Kier molecular flexibility index (Phi) is 4.89. The second kappa shape index (κ2) is 6.78. The highest BCUT2D eigenvalue weighted by molar-refractivity contribution is 9.10. The molecule has 24 heavy (non-hydrogen) atoms. The maximum absolute atomic E-state index is 13.0. The number of sulfonamides is 1. The van der Waals surface area contributed by atoms with E-state index in [0.717, 1.165) is 12.8 Å². The molecule has 1 saturated heterocycles. The molecule has 128 valence electrons. The molecule has 1 N–H and O–H groups in total. The third-order valence-electron chi connectivity index (χ3n) is 4.14. The molecule has 0 saturated carbocycles. The first-order chi connectivity index (χ1) is 11.4. The minimum absolute atomic E-state index is 0.224. The zero-order chi connectivity index (χ0) is 17.3. The second-order valence-electron chi connectivity index (χ2n) is 6.06.